The maximum Gasteiger partial charge on any atom is 0.251 e. The van der Waals surface area contributed by atoms with E-state index in [0.717, 1.165) is 12.8 Å². The SMILES string of the molecule is CC1(C)CCC2(CC1)N[C@@H](C(=O)N[C@@H]1CC[C@@H](C(=O)N3CC(O)C3)OC1)[C@H](c1ccnc(Cl)c1F)[C@]21C(=O)Nc2cc(Cl)ccc21. The number of likely N-dealkylation sites (tertiary alicyclic amines) is 1. The fourth-order valence-electron chi connectivity index (χ4n) is 8.52. The van der Waals surface area contributed by atoms with Crippen LogP contribution < -0.4 is 16.0 Å². The largest absolute Gasteiger partial charge is 0.389 e. The van der Waals surface area contributed by atoms with Crippen LogP contribution in [0.5, 0.6) is 0 Å². The van der Waals surface area contributed by atoms with Crippen LogP contribution in [0.25, 0.3) is 0 Å². The molecule has 4 N–H and O–H groups in total. The standard InChI is InChI=1S/C33H38Cl2FN5O5/c1-31(2)8-10-32(11-9-31)33(21-5-3-17(34)13-22(21)39-30(33)45)24(20-7-12-37-27(35)25(20)36)26(40-32)28(43)38-18-4-6-23(46-16-18)29(44)41-14-19(42)15-41/h3,5,7,12-13,18-19,23-24,26,40,42H,4,6,8-11,14-16H2,1-2H3,(H,38,43)(H,39,45)/t18-,23+,24+,26-,33-/m1/s1. The van der Waals surface area contributed by atoms with Crippen LogP contribution >= 0.6 is 23.2 Å². The molecule has 0 bridgehead atoms. The van der Waals surface area contributed by atoms with Gasteiger partial charge in [-0.3, -0.25) is 19.7 Å². The van der Waals surface area contributed by atoms with Crippen molar-refractivity contribution in [3.8, 4) is 0 Å². The second-order valence-corrected chi connectivity index (χ2v) is 15.1. The minimum absolute atomic E-state index is 0.0225. The molecular formula is C33H38Cl2FN5O5. The van der Waals surface area contributed by atoms with E-state index in [4.69, 9.17) is 27.9 Å². The van der Waals surface area contributed by atoms with E-state index in [1.165, 1.54) is 12.3 Å². The quantitative estimate of drug-likeness (QED) is 0.364. The molecule has 3 amide bonds. The van der Waals surface area contributed by atoms with Gasteiger partial charge in [-0.25, -0.2) is 9.37 Å². The molecule has 246 valence electrons. The molecule has 5 aliphatic rings. The molecule has 5 heterocycles. The number of nitrogens with zero attached hydrogens (tertiary/aromatic N) is 2. The maximum atomic E-state index is 16.1. The van der Waals surface area contributed by atoms with Gasteiger partial charge in [-0.2, -0.15) is 0 Å². The third kappa shape index (κ3) is 4.92. The smallest absolute Gasteiger partial charge is 0.251 e. The van der Waals surface area contributed by atoms with Gasteiger partial charge in [0.25, 0.3) is 5.91 Å². The number of aliphatic hydroxyl groups is 1. The molecule has 10 nitrogen and oxygen atoms in total. The molecule has 1 aliphatic carbocycles. The van der Waals surface area contributed by atoms with Gasteiger partial charge in [0, 0.05) is 41.5 Å². The molecule has 4 fully saturated rings. The highest BCUT2D eigenvalue weighted by atomic mass is 35.5. The number of fused-ring (bicyclic) bond motifs is 3. The summed E-state index contributed by atoms with van der Waals surface area (Å²) in [5.74, 6) is -2.61. The summed E-state index contributed by atoms with van der Waals surface area (Å²) < 4.78 is 22.0. The maximum absolute atomic E-state index is 16.1. The number of anilines is 1. The Morgan fingerprint density at radius 3 is 2.54 bits per heavy atom. The number of pyridine rings is 1. The Balaban J connectivity index is 1.26. The van der Waals surface area contributed by atoms with Gasteiger partial charge < -0.3 is 25.4 Å². The van der Waals surface area contributed by atoms with Crippen molar-refractivity contribution in [1.29, 1.82) is 0 Å². The summed E-state index contributed by atoms with van der Waals surface area (Å²) in [4.78, 5) is 47.2. The lowest BCUT2D eigenvalue weighted by Gasteiger charge is -2.50. The zero-order valence-electron chi connectivity index (χ0n) is 25.7. The second-order valence-electron chi connectivity index (χ2n) is 14.3. The van der Waals surface area contributed by atoms with Crippen LogP contribution in [0, 0.1) is 11.2 Å². The van der Waals surface area contributed by atoms with Gasteiger partial charge in [-0.1, -0.05) is 43.1 Å². The minimum atomic E-state index is -1.36. The summed E-state index contributed by atoms with van der Waals surface area (Å²) in [6.07, 6.45) is 3.92. The van der Waals surface area contributed by atoms with Crippen LogP contribution in [0.3, 0.4) is 0 Å². The molecule has 46 heavy (non-hydrogen) atoms. The van der Waals surface area contributed by atoms with Crippen LogP contribution in [0.4, 0.5) is 10.1 Å². The van der Waals surface area contributed by atoms with E-state index in [2.05, 4.69) is 34.8 Å². The van der Waals surface area contributed by atoms with Crippen molar-refractivity contribution in [2.75, 3.05) is 25.0 Å². The Bertz CT molecular complexity index is 1580. The number of carbonyl (C=O) groups is 3. The summed E-state index contributed by atoms with van der Waals surface area (Å²) in [6.45, 7) is 5.11. The topological polar surface area (TPSA) is 133 Å². The number of nitrogens with one attached hydrogen (secondary N) is 3. The molecule has 7 rings (SSSR count). The zero-order chi connectivity index (χ0) is 32.6. The highest BCUT2D eigenvalue weighted by Gasteiger charge is 2.73. The van der Waals surface area contributed by atoms with Gasteiger partial charge in [0.05, 0.1) is 24.8 Å². The predicted molar refractivity (Wildman–Crippen MR) is 169 cm³/mol. The molecule has 1 aromatic carbocycles. The number of aliphatic hydroxyl groups excluding tert-OH is 1. The molecule has 2 aromatic rings. The van der Waals surface area contributed by atoms with E-state index in [1.807, 2.05) is 6.07 Å². The average molecular weight is 675 g/mol. The number of hydrogen-bond donors (Lipinski definition) is 4. The zero-order valence-corrected chi connectivity index (χ0v) is 27.3. The Kier molecular flexibility index (Phi) is 7.87. The highest BCUT2D eigenvalue weighted by molar-refractivity contribution is 6.31. The molecule has 1 aromatic heterocycles. The molecule has 3 saturated heterocycles. The van der Waals surface area contributed by atoms with Crippen LogP contribution in [0.15, 0.2) is 30.5 Å². The minimum Gasteiger partial charge on any atom is -0.389 e. The number of halogens is 3. The number of benzene rings is 1. The lowest BCUT2D eigenvalue weighted by Crippen LogP contribution is -2.61. The summed E-state index contributed by atoms with van der Waals surface area (Å²) in [5, 5.41) is 19.5. The van der Waals surface area contributed by atoms with E-state index in [9.17, 15) is 19.5 Å². The van der Waals surface area contributed by atoms with Crippen LogP contribution in [-0.2, 0) is 24.5 Å². The van der Waals surface area contributed by atoms with E-state index in [1.54, 1.807) is 17.0 Å². The number of ether oxygens (including phenoxy) is 1. The summed E-state index contributed by atoms with van der Waals surface area (Å²) >= 11 is 12.6. The molecule has 0 radical (unpaired) electrons. The van der Waals surface area contributed by atoms with Crippen LogP contribution in [0.2, 0.25) is 10.2 Å². The van der Waals surface area contributed by atoms with Gasteiger partial charge in [-0.05, 0) is 73.3 Å². The number of β-amino-alcohol motifs (C(OH)–C–C–N with tert-alkyl or cyclic N) is 1. The molecule has 0 unspecified atom stereocenters. The molecule has 1 saturated carbocycles. The molecule has 4 aliphatic heterocycles. The van der Waals surface area contributed by atoms with Gasteiger partial charge in [-0.15, -0.1) is 0 Å². The van der Waals surface area contributed by atoms with E-state index < -0.39 is 52.9 Å². The van der Waals surface area contributed by atoms with Gasteiger partial charge in [0.15, 0.2) is 11.0 Å². The first-order valence-corrected chi connectivity index (χ1v) is 16.7. The van der Waals surface area contributed by atoms with E-state index >= 15 is 4.39 Å². The van der Waals surface area contributed by atoms with Crippen molar-refractivity contribution in [3.63, 3.8) is 0 Å². The summed E-state index contributed by atoms with van der Waals surface area (Å²) in [6, 6.07) is 5.34. The van der Waals surface area contributed by atoms with Gasteiger partial charge in [0.2, 0.25) is 11.8 Å². The molecular weight excluding hydrogens is 636 g/mol. The highest BCUT2D eigenvalue weighted by Crippen LogP contribution is 2.64. The number of amides is 3. The van der Waals surface area contributed by atoms with Crippen molar-refractivity contribution < 1.29 is 28.6 Å². The van der Waals surface area contributed by atoms with Gasteiger partial charge in [0.1, 0.15) is 11.5 Å². The Morgan fingerprint density at radius 1 is 1.13 bits per heavy atom. The lowest BCUT2D eigenvalue weighted by atomic mass is 9.53. The summed E-state index contributed by atoms with van der Waals surface area (Å²) in [5.41, 5.74) is -0.882. The van der Waals surface area contributed by atoms with Gasteiger partial charge >= 0.3 is 0 Å². The fourth-order valence-corrected chi connectivity index (χ4v) is 8.85. The van der Waals surface area contributed by atoms with Crippen molar-refractivity contribution in [2.45, 2.75) is 93.5 Å². The fraction of sp³-hybridized carbons (Fsp3) is 0.576. The third-order valence-electron chi connectivity index (χ3n) is 11.0. The van der Waals surface area contributed by atoms with Crippen molar-refractivity contribution in [3.05, 3.63) is 57.6 Å². The van der Waals surface area contributed by atoms with Crippen molar-refractivity contribution >= 4 is 46.6 Å². The average Bonchev–Trinajstić information content (AvgIpc) is 3.46. The van der Waals surface area contributed by atoms with Crippen molar-refractivity contribution in [1.82, 2.24) is 20.5 Å². The first kappa shape index (κ1) is 31.8. The Morgan fingerprint density at radius 2 is 1.87 bits per heavy atom. The van der Waals surface area contributed by atoms with Crippen molar-refractivity contribution in [2.24, 2.45) is 5.41 Å². The molecule has 5 atom stereocenters. The second kappa shape index (κ2) is 11.4. The molecule has 13 heteroatoms. The summed E-state index contributed by atoms with van der Waals surface area (Å²) in [7, 11) is 0. The Hall–Kier alpha value is -2.83. The monoisotopic (exact) mass is 673 g/mol. The van der Waals surface area contributed by atoms with Crippen LogP contribution in [-0.4, -0.2) is 82.2 Å². The Labute approximate surface area is 276 Å². The predicted octanol–water partition coefficient (Wildman–Crippen LogP) is 3.68. The number of hydrogen-bond acceptors (Lipinski definition) is 7. The third-order valence-corrected chi connectivity index (χ3v) is 11.5. The van der Waals surface area contributed by atoms with E-state index in [-0.39, 0.29) is 34.6 Å². The first-order valence-electron chi connectivity index (χ1n) is 15.9. The number of carbonyl (C=O) groups excluding carboxylic acids is 3. The first-order chi connectivity index (χ1) is 21.8. The molecule has 2 spiro atoms. The number of rotatable bonds is 4. The van der Waals surface area contributed by atoms with E-state index in [0.29, 0.717) is 55.0 Å². The normalized spacial score (nSPS) is 31.4. The lowest BCUT2D eigenvalue weighted by molar-refractivity contribution is -0.157. The van der Waals surface area contributed by atoms with Crippen LogP contribution in [0.1, 0.15) is 69.4 Å². The number of aromatic nitrogens is 1.